The van der Waals surface area contributed by atoms with E-state index in [-0.39, 0.29) is 18.1 Å². The molecule has 0 atom stereocenters. The van der Waals surface area contributed by atoms with Crippen LogP contribution in [0.4, 0.5) is 14.5 Å². The summed E-state index contributed by atoms with van der Waals surface area (Å²) >= 11 is 1.42. The van der Waals surface area contributed by atoms with Crippen molar-refractivity contribution in [2.75, 3.05) is 5.32 Å². The summed E-state index contributed by atoms with van der Waals surface area (Å²) in [5.41, 5.74) is 2.67. The molecule has 0 bridgehead atoms. The third-order valence-corrected chi connectivity index (χ3v) is 4.69. The van der Waals surface area contributed by atoms with Gasteiger partial charge in [-0.25, -0.2) is 13.8 Å². The van der Waals surface area contributed by atoms with Crippen LogP contribution in [0.1, 0.15) is 15.4 Å². The Kier molecular flexibility index (Phi) is 4.90. The van der Waals surface area contributed by atoms with Crippen LogP contribution < -0.4 is 5.32 Å². The number of aromatic nitrogens is 1. The third kappa shape index (κ3) is 4.09. The number of carbonyl (C=O) groups is 1. The molecule has 0 aliphatic heterocycles. The lowest BCUT2D eigenvalue weighted by Crippen LogP contribution is -2.15. The molecule has 0 saturated heterocycles. The Labute approximate surface area is 148 Å². The highest BCUT2D eigenvalue weighted by Gasteiger charge is 2.15. The first-order valence-corrected chi connectivity index (χ1v) is 8.52. The fourth-order valence-electron chi connectivity index (χ4n) is 2.49. The predicted molar refractivity (Wildman–Crippen MR) is 95.7 cm³/mol. The molecule has 0 unspecified atom stereocenters. The molecule has 3 rings (SSSR count). The first kappa shape index (κ1) is 17.2. The first-order chi connectivity index (χ1) is 11.9. The number of aryl methyl sites for hydroxylation is 2. The summed E-state index contributed by atoms with van der Waals surface area (Å²) in [6.07, 6.45) is 0.119. The number of rotatable bonds is 4. The number of anilines is 1. The number of halogens is 2. The van der Waals surface area contributed by atoms with Gasteiger partial charge in [-0.2, -0.15) is 0 Å². The molecule has 2 aromatic carbocycles. The maximum atomic E-state index is 13.4. The van der Waals surface area contributed by atoms with E-state index in [4.69, 9.17) is 0 Å². The van der Waals surface area contributed by atoms with E-state index in [0.717, 1.165) is 21.0 Å². The highest BCUT2D eigenvalue weighted by atomic mass is 32.1. The van der Waals surface area contributed by atoms with Gasteiger partial charge in [0.1, 0.15) is 11.6 Å². The zero-order chi connectivity index (χ0) is 18.0. The Balaban J connectivity index is 1.82. The summed E-state index contributed by atoms with van der Waals surface area (Å²) in [5.74, 6) is -0.973. The second-order valence-electron chi connectivity index (χ2n) is 5.70. The Hall–Kier alpha value is -2.60. The first-order valence-electron chi connectivity index (χ1n) is 7.70. The fourth-order valence-corrected chi connectivity index (χ4v) is 3.45. The summed E-state index contributed by atoms with van der Waals surface area (Å²) in [7, 11) is 0. The van der Waals surface area contributed by atoms with Crippen LogP contribution in [0.25, 0.3) is 11.3 Å². The maximum absolute atomic E-state index is 13.4. The van der Waals surface area contributed by atoms with Crippen LogP contribution in [0.15, 0.2) is 42.5 Å². The number of carbonyl (C=O) groups excluding carboxylic acids is 1. The number of hydrogen-bond acceptors (Lipinski definition) is 3. The number of amides is 1. The largest absolute Gasteiger partial charge is 0.325 e. The van der Waals surface area contributed by atoms with Crippen LogP contribution in [0.3, 0.4) is 0 Å². The molecule has 6 heteroatoms. The summed E-state index contributed by atoms with van der Waals surface area (Å²) in [4.78, 5) is 17.6. The lowest BCUT2D eigenvalue weighted by atomic mass is 10.1. The maximum Gasteiger partial charge on any atom is 0.229 e. The van der Waals surface area contributed by atoms with Gasteiger partial charge in [0.05, 0.1) is 17.1 Å². The molecular formula is C19H16F2N2OS. The van der Waals surface area contributed by atoms with Crippen LogP contribution in [-0.4, -0.2) is 10.9 Å². The van der Waals surface area contributed by atoms with Gasteiger partial charge >= 0.3 is 0 Å². The van der Waals surface area contributed by atoms with Crippen molar-refractivity contribution in [2.45, 2.75) is 20.3 Å². The van der Waals surface area contributed by atoms with Crippen molar-refractivity contribution < 1.29 is 13.6 Å². The second-order valence-corrected chi connectivity index (χ2v) is 6.98. The van der Waals surface area contributed by atoms with Crippen molar-refractivity contribution >= 4 is 22.9 Å². The molecule has 3 aromatic rings. The normalized spacial score (nSPS) is 10.7. The quantitative estimate of drug-likeness (QED) is 0.722. The molecular weight excluding hydrogens is 342 g/mol. The van der Waals surface area contributed by atoms with Crippen LogP contribution in [0.2, 0.25) is 0 Å². The minimum atomic E-state index is -0.401. The van der Waals surface area contributed by atoms with Crippen molar-refractivity contribution in [3.63, 3.8) is 0 Å². The minimum absolute atomic E-state index is 0.119. The Morgan fingerprint density at radius 3 is 2.48 bits per heavy atom. The van der Waals surface area contributed by atoms with Crippen molar-refractivity contribution in [1.82, 2.24) is 4.98 Å². The van der Waals surface area contributed by atoms with E-state index in [1.54, 1.807) is 25.1 Å². The second kappa shape index (κ2) is 7.11. The molecule has 1 amide bonds. The highest BCUT2D eigenvalue weighted by molar-refractivity contribution is 7.12. The van der Waals surface area contributed by atoms with Gasteiger partial charge in [0.2, 0.25) is 5.91 Å². The standard InChI is InChI=1S/C19H16F2N2OS/c1-11-3-6-15(21)9-16(11)23-18(24)10-17-19(22-12(2)25-17)13-4-7-14(20)8-5-13/h3-9H,10H2,1-2H3,(H,23,24). The summed E-state index contributed by atoms with van der Waals surface area (Å²) in [5, 5.41) is 3.56. The molecule has 3 nitrogen and oxygen atoms in total. The molecule has 0 radical (unpaired) electrons. The Bertz CT molecular complexity index is 920. The fraction of sp³-hybridized carbons (Fsp3) is 0.158. The monoisotopic (exact) mass is 358 g/mol. The Morgan fingerprint density at radius 1 is 1.08 bits per heavy atom. The van der Waals surface area contributed by atoms with E-state index in [0.29, 0.717) is 11.4 Å². The molecule has 1 N–H and O–H groups in total. The van der Waals surface area contributed by atoms with E-state index in [9.17, 15) is 13.6 Å². The van der Waals surface area contributed by atoms with Gasteiger partial charge in [-0.3, -0.25) is 4.79 Å². The predicted octanol–water partition coefficient (Wildman–Crippen LogP) is 4.89. The number of thiazole rings is 1. The smallest absolute Gasteiger partial charge is 0.229 e. The van der Waals surface area contributed by atoms with E-state index in [1.807, 2.05) is 6.92 Å². The van der Waals surface area contributed by atoms with Gasteiger partial charge < -0.3 is 5.32 Å². The van der Waals surface area contributed by atoms with Gasteiger partial charge in [-0.05, 0) is 55.8 Å². The van der Waals surface area contributed by atoms with Crippen LogP contribution in [0.5, 0.6) is 0 Å². The van der Waals surface area contributed by atoms with Crippen LogP contribution in [-0.2, 0) is 11.2 Å². The van der Waals surface area contributed by atoms with E-state index < -0.39 is 5.82 Å². The SMILES string of the molecule is Cc1nc(-c2ccc(F)cc2)c(CC(=O)Nc2cc(F)ccc2C)s1. The highest BCUT2D eigenvalue weighted by Crippen LogP contribution is 2.29. The van der Waals surface area contributed by atoms with Gasteiger partial charge in [-0.15, -0.1) is 11.3 Å². The van der Waals surface area contributed by atoms with Crippen molar-refractivity contribution in [3.05, 3.63) is 69.5 Å². The van der Waals surface area contributed by atoms with E-state index in [2.05, 4.69) is 10.3 Å². The average molecular weight is 358 g/mol. The lowest BCUT2D eigenvalue weighted by molar-refractivity contribution is -0.115. The number of nitrogens with one attached hydrogen (secondary N) is 1. The molecule has 25 heavy (non-hydrogen) atoms. The zero-order valence-electron chi connectivity index (χ0n) is 13.8. The molecule has 128 valence electrons. The van der Waals surface area contributed by atoms with Gasteiger partial charge in [0, 0.05) is 16.1 Å². The van der Waals surface area contributed by atoms with Crippen molar-refractivity contribution in [1.29, 1.82) is 0 Å². The summed E-state index contributed by atoms with van der Waals surface area (Å²) < 4.78 is 26.5. The average Bonchev–Trinajstić information content (AvgIpc) is 2.92. The molecule has 0 spiro atoms. The molecule has 1 heterocycles. The third-order valence-electron chi connectivity index (χ3n) is 3.72. The van der Waals surface area contributed by atoms with E-state index in [1.165, 1.54) is 35.6 Å². The molecule has 0 saturated carbocycles. The number of nitrogens with zero attached hydrogens (tertiary/aromatic N) is 1. The van der Waals surface area contributed by atoms with Crippen LogP contribution in [0, 0.1) is 25.5 Å². The summed E-state index contributed by atoms with van der Waals surface area (Å²) in [6, 6.07) is 10.3. The molecule has 0 fully saturated rings. The number of benzene rings is 2. The molecule has 0 aliphatic rings. The minimum Gasteiger partial charge on any atom is -0.325 e. The van der Waals surface area contributed by atoms with Gasteiger partial charge in [-0.1, -0.05) is 6.07 Å². The summed E-state index contributed by atoms with van der Waals surface area (Å²) in [6.45, 7) is 3.66. The van der Waals surface area contributed by atoms with Gasteiger partial charge in [0.15, 0.2) is 0 Å². The molecule has 1 aromatic heterocycles. The van der Waals surface area contributed by atoms with E-state index >= 15 is 0 Å². The zero-order valence-corrected chi connectivity index (χ0v) is 14.6. The number of hydrogen-bond donors (Lipinski definition) is 1. The lowest BCUT2D eigenvalue weighted by Gasteiger charge is -2.08. The molecule has 0 aliphatic carbocycles. The van der Waals surface area contributed by atoms with Crippen molar-refractivity contribution in [2.24, 2.45) is 0 Å². The van der Waals surface area contributed by atoms with Crippen LogP contribution >= 0.6 is 11.3 Å². The topological polar surface area (TPSA) is 42.0 Å². The van der Waals surface area contributed by atoms with Crippen molar-refractivity contribution in [3.8, 4) is 11.3 Å². The Morgan fingerprint density at radius 2 is 1.76 bits per heavy atom. The van der Waals surface area contributed by atoms with Gasteiger partial charge in [0.25, 0.3) is 0 Å².